The summed E-state index contributed by atoms with van der Waals surface area (Å²) < 4.78 is 0. The second-order valence-electron chi connectivity index (χ2n) is 4.97. The molecule has 1 saturated heterocycles. The first-order valence-corrected chi connectivity index (χ1v) is 7.31. The summed E-state index contributed by atoms with van der Waals surface area (Å²) in [4.78, 5) is 0. The van der Waals surface area contributed by atoms with E-state index in [1.165, 1.54) is 45.2 Å². The molecule has 2 fully saturated rings. The van der Waals surface area contributed by atoms with Crippen molar-refractivity contribution in [3.63, 3.8) is 0 Å². The summed E-state index contributed by atoms with van der Waals surface area (Å²) in [5.41, 5.74) is 0. The highest BCUT2D eigenvalue weighted by molar-refractivity contribution is 4.94. The normalized spacial score (nSPS) is 24.5. The molecule has 1 saturated carbocycles. The standard InChI is InChI=1S/C9H17N.C5H8.C3H6.CH4/c1-2-4-9-7-10-6-5-8(9)3-1;1-3-5-4-2;1-3-2;/h8-10H,1-7H2;3-5H,1H2,2H3;3H,1H2,2H3;1H4/b;5-4-;;. The summed E-state index contributed by atoms with van der Waals surface area (Å²) in [7, 11) is 0. The van der Waals surface area contributed by atoms with E-state index < -0.39 is 0 Å². The highest BCUT2D eigenvalue weighted by Gasteiger charge is 2.26. The van der Waals surface area contributed by atoms with Gasteiger partial charge in [-0.25, -0.2) is 0 Å². The van der Waals surface area contributed by atoms with Gasteiger partial charge in [-0.05, 0) is 51.6 Å². The zero-order valence-electron chi connectivity index (χ0n) is 12.3. The quantitative estimate of drug-likeness (QED) is 0.497. The third kappa shape index (κ3) is 10.8. The summed E-state index contributed by atoms with van der Waals surface area (Å²) in [6.45, 7) is 13.3. The molecule has 1 nitrogen and oxygen atoms in total. The lowest BCUT2D eigenvalue weighted by Crippen LogP contribution is -2.38. The lowest BCUT2D eigenvalue weighted by molar-refractivity contribution is 0.185. The molecule has 1 aliphatic heterocycles. The second kappa shape index (κ2) is 15.2. The zero-order valence-corrected chi connectivity index (χ0v) is 12.3. The van der Waals surface area contributed by atoms with E-state index in [0.29, 0.717) is 0 Å². The molecule has 1 heteroatoms. The molecule has 19 heavy (non-hydrogen) atoms. The first kappa shape index (κ1) is 20.5. The van der Waals surface area contributed by atoms with E-state index in [1.54, 1.807) is 12.2 Å². The Kier molecular flexibility index (Phi) is 16.4. The van der Waals surface area contributed by atoms with Crippen LogP contribution in [0.3, 0.4) is 0 Å². The third-order valence-electron chi connectivity index (χ3n) is 3.49. The lowest BCUT2D eigenvalue weighted by Gasteiger charge is -2.35. The van der Waals surface area contributed by atoms with Crippen LogP contribution in [0, 0.1) is 11.8 Å². The molecule has 0 aromatic heterocycles. The van der Waals surface area contributed by atoms with E-state index in [9.17, 15) is 0 Å². The molecular weight excluding hydrogens is 230 g/mol. The van der Waals surface area contributed by atoms with Gasteiger partial charge in [-0.2, -0.15) is 0 Å². The molecular formula is C18H35N. The Bertz CT molecular complexity index is 204. The Balaban J connectivity index is 0. The van der Waals surface area contributed by atoms with Crippen molar-refractivity contribution in [1.29, 1.82) is 0 Å². The van der Waals surface area contributed by atoms with Crippen LogP contribution in [0.5, 0.6) is 0 Å². The Labute approximate surface area is 121 Å². The van der Waals surface area contributed by atoms with Gasteiger partial charge in [0.1, 0.15) is 0 Å². The van der Waals surface area contributed by atoms with Crippen molar-refractivity contribution in [1.82, 2.24) is 5.32 Å². The molecule has 112 valence electrons. The first-order valence-electron chi connectivity index (χ1n) is 7.31. The van der Waals surface area contributed by atoms with Crippen molar-refractivity contribution in [2.24, 2.45) is 11.8 Å². The molecule has 0 spiro atoms. The fourth-order valence-corrected chi connectivity index (χ4v) is 2.64. The van der Waals surface area contributed by atoms with E-state index in [4.69, 9.17) is 0 Å². The number of hydrogen-bond acceptors (Lipinski definition) is 1. The van der Waals surface area contributed by atoms with Gasteiger partial charge >= 0.3 is 0 Å². The minimum atomic E-state index is 0. The van der Waals surface area contributed by atoms with Crippen LogP contribution in [0.4, 0.5) is 0 Å². The van der Waals surface area contributed by atoms with Crippen molar-refractivity contribution in [2.75, 3.05) is 13.1 Å². The van der Waals surface area contributed by atoms with Gasteiger partial charge in [0.15, 0.2) is 0 Å². The maximum Gasteiger partial charge on any atom is -0.00179 e. The number of hydrogen-bond donors (Lipinski definition) is 1. The highest BCUT2D eigenvalue weighted by atomic mass is 14.9. The summed E-state index contributed by atoms with van der Waals surface area (Å²) in [5, 5.41) is 3.48. The molecule has 2 aliphatic rings. The van der Waals surface area contributed by atoms with Gasteiger partial charge in [0, 0.05) is 0 Å². The molecule has 2 rings (SSSR count). The minimum Gasteiger partial charge on any atom is -0.316 e. The van der Waals surface area contributed by atoms with Crippen molar-refractivity contribution >= 4 is 0 Å². The van der Waals surface area contributed by atoms with Crippen molar-refractivity contribution in [3.05, 3.63) is 37.5 Å². The molecule has 0 amide bonds. The molecule has 2 atom stereocenters. The topological polar surface area (TPSA) is 12.0 Å². The van der Waals surface area contributed by atoms with Crippen LogP contribution in [0.2, 0.25) is 0 Å². The lowest BCUT2D eigenvalue weighted by atomic mass is 9.76. The van der Waals surface area contributed by atoms with Gasteiger partial charge in [-0.15, -0.1) is 6.58 Å². The van der Waals surface area contributed by atoms with Crippen molar-refractivity contribution < 1.29 is 0 Å². The molecule has 2 unspecified atom stereocenters. The van der Waals surface area contributed by atoms with Crippen LogP contribution in [0.1, 0.15) is 53.4 Å². The van der Waals surface area contributed by atoms with E-state index in [2.05, 4.69) is 18.5 Å². The van der Waals surface area contributed by atoms with E-state index in [1.807, 2.05) is 26.0 Å². The Morgan fingerprint density at radius 3 is 2.00 bits per heavy atom. The first-order chi connectivity index (χ1) is 8.79. The third-order valence-corrected chi connectivity index (χ3v) is 3.49. The number of fused-ring (bicyclic) bond motifs is 1. The zero-order chi connectivity index (χ0) is 13.6. The Morgan fingerprint density at radius 2 is 1.58 bits per heavy atom. The van der Waals surface area contributed by atoms with E-state index in [-0.39, 0.29) is 7.43 Å². The number of rotatable bonds is 1. The number of allylic oxidation sites excluding steroid dienone is 4. The van der Waals surface area contributed by atoms with Gasteiger partial charge in [-0.3, -0.25) is 0 Å². The van der Waals surface area contributed by atoms with Crippen LogP contribution in [-0.2, 0) is 0 Å². The highest BCUT2D eigenvalue weighted by Crippen LogP contribution is 2.33. The van der Waals surface area contributed by atoms with Crippen LogP contribution < -0.4 is 5.32 Å². The van der Waals surface area contributed by atoms with Gasteiger partial charge in [0.2, 0.25) is 0 Å². The molecule has 1 heterocycles. The molecule has 1 aliphatic carbocycles. The predicted molar refractivity (Wildman–Crippen MR) is 90.5 cm³/mol. The maximum atomic E-state index is 3.48. The number of nitrogens with one attached hydrogen (secondary N) is 1. The van der Waals surface area contributed by atoms with Crippen LogP contribution in [0.15, 0.2) is 37.5 Å². The molecule has 0 aromatic rings. The largest absolute Gasteiger partial charge is 0.316 e. The average Bonchev–Trinajstić information content (AvgIpc) is 2.41. The minimum absolute atomic E-state index is 0. The monoisotopic (exact) mass is 265 g/mol. The fourth-order valence-electron chi connectivity index (χ4n) is 2.64. The molecule has 0 aromatic carbocycles. The molecule has 0 radical (unpaired) electrons. The molecule has 1 N–H and O–H groups in total. The van der Waals surface area contributed by atoms with E-state index in [0.717, 1.165) is 11.8 Å². The van der Waals surface area contributed by atoms with Crippen molar-refractivity contribution in [3.8, 4) is 0 Å². The summed E-state index contributed by atoms with van der Waals surface area (Å²) in [5.74, 6) is 2.14. The van der Waals surface area contributed by atoms with E-state index >= 15 is 0 Å². The number of piperidine rings is 1. The predicted octanol–water partition coefficient (Wildman–Crippen LogP) is 5.36. The van der Waals surface area contributed by atoms with Gasteiger partial charge < -0.3 is 5.32 Å². The Morgan fingerprint density at radius 1 is 1.00 bits per heavy atom. The van der Waals surface area contributed by atoms with Gasteiger partial charge in [-0.1, -0.05) is 57.6 Å². The average molecular weight is 265 g/mol. The van der Waals surface area contributed by atoms with Crippen molar-refractivity contribution in [2.45, 2.75) is 53.4 Å². The van der Waals surface area contributed by atoms with Gasteiger partial charge in [0.25, 0.3) is 0 Å². The van der Waals surface area contributed by atoms with Crippen LogP contribution in [0.25, 0.3) is 0 Å². The summed E-state index contributed by atoms with van der Waals surface area (Å²) >= 11 is 0. The Hall–Kier alpha value is -0.820. The maximum absolute atomic E-state index is 3.48. The second-order valence-corrected chi connectivity index (χ2v) is 4.97. The van der Waals surface area contributed by atoms with Crippen LogP contribution >= 0.6 is 0 Å². The SMILES string of the molecule is C.C1CCC2CNCCC2C1.C=C/C=C\C.C=CC. The molecule has 0 bridgehead atoms. The smallest absolute Gasteiger partial charge is 0.00179 e. The fraction of sp³-hybridized carbons (Fsp3) is 0.667. The van der Waals surface area contributed by atoms with Crippen LogP contribution in [-0.4, -0.2) is 13.1 Å². The summed E-state index contributed by atoms with van der Waals surface area (Å²) in [6.07, 6.45) is 14.8. The van der Waals surface area contributed by atoms with Gasteiger partial charge in [0.05, 0.1) is 0 Å². The summed E-state index contributed by atoms with van der Waals surface area (Å²) in [6, 6.07) is 0.